The van der Waals surface area contributed by atoms with Gasteiger partial charge in [0, 0.05) is 30.9 Å². The first kappa shape index (κ1) is 23.5. The number of rotatable bonds is 6. The van der Waals surface area contributed by atoms with Crippen LogP contribution in [0.3, 0.4) is 0 Å². The Morgan fingerprint density at radius 2 is 1.65 bits per heavy atom. The molecule has 1 aromatic carbocycles. The summed E-state index contributed by atoms with van der Waals surface area (Å²) in [4.78, 5) is 61.9. The summed E-state index contributed by atoms with van der Waals surface area (Å²) in [5, 5.41) is 0. The van der Waals surface area contributed by atoms with Gasteiger partial charge in [-0.15, -0.1) is 0 Å². The molecule has 1 aromatic heterocycles. The highest BCUT2D eigenvalue weighted by atomic mass is 19.3. The van der Waals surface area contributed by atoms with Gasteiger partial charge in [-0.3, -0.25) is 24.0 Å². The average Bonchev–Trinajstić information content (AvgIpc) is 3.23. The van der Waals surface area contributed by atoms with Gasteiger partial charge >= 0.3 is 11.9 Å². The van der Waals surface area contributed by atoms with Crippen molar-refractivity contribution in [3.05, 3.63) is 58.5 Å². The third-order valence-electron chi connectivity index (χ3n) is 5.81. The number of carbonyl (C=O) groups is 5. The van der Waals surface area contributed by atoms with E-state index in [9.17, 15) is 32.8 Å². The van der Waals surface area contributed by atoms with Gasteiger partial charge in [0.1, 0.15) is 6.42 Å². The molecule has 1 saturated carbocycles. The quantitative estimate of drug-likeness (QED) is 0.229. The highest BCUT2D eigenvalue weighted by Crippen LogP contribution is 2.36. The third-order valence-corrected chi connectivity index (χ3v) is 5.81. The molecule has 0 amide bonds. The second-order valence-electron chi connectivity index (χ2n) is 8.28. The zero-order valence-electron chi connectivity index (χ0n) is 18.1. The highest BCUT2D eigenvalue weighted by molar-refractivity contribution is 6.28. The molecule has 0 bridgehead atoms. The molecule has 0 N–H and O–H groups in total. The normalized spacial score (nSPS) is 18.0. The van der Waals surface area contributed by atoms with Crippen molar-refractivity contribution in [3.8, 4) is 0 Å². The minimum absolute atomic E-state index is 0.0323. The number of ketones is 3. The van der Waals surface area contributed by atoms with Gasteiger partial charge in [0.2, 0.25) is 23.8 Å². The lowest BCUT2D eigenvalue weighted by Crippen LogP contribution is -2.32. The molecule has 1 unspecified atom stereocenters. The summed E-state index contributed by atoms with van der Waals surface area (Å²) in [6.45, 7) is 1.26. The number of hydrogen-bond donors (Lipinski definition) is 0. The number of alkyl halides is 2. The maximum Gasteiger partial charge on any atom is 0.316 e. The number of carbonyl (C=O) groups excluding carboxylic acids is 5. The van der Waals surface area contributed by atoms with E-state index in [0.717, 1.165) is 6.07 Å². The van der Waals surface area contributed by atoms with Crippen LogP contribution in [0.25, 0.3) is 0 Å². The SMILES string of the molecule is CC(OC(=O)CC(=O)c1cc2c(o1)C(=O)c1ccccc1C2=O)OC(=O)C1CCC(F)(F)CC1. The number of Topliss-reactive ketones (excluding diaryl/α,β-unsaturated/α-hetero) is 1. The Labute approximate surface area is 192 Å². The third kappa shape index (κ3) is 4.66. The molecular formula is C24H20F2O8. The summed E-state index contributed by atoms with van der Waals surface area (Å²) in [5.74, 6) is -7.78. The van der Waals surface area contributed by atoms with Crippen LogP contribution in [-0.2, 0) is 19.1 Å². The van der Waals surface area contributed by atoms with Crippen LogP contribution < -0.4 is 0 Å². The predicted molar refractivity (Wildman–Crippen MR) is 110 cm³/mol. The summed E-state index contributed by atoms with van der Waals surface area (Å²) in [6.07, 6.45) is -3.03. The molecular weight excluding hydrogens is 454 g/mol. The summed E-state index contributed by atoms with van der Waals surface area (Å²) in [7, 11) is 0. The van der Waals surface area contributed by atoms with Crippen molar-refractivity contribution in [3.63, 3.8) is 0 Å². The number of benzene rings is 1. The van der Waals surface area contributed by atoms with Crippen LogP contribution in [0.15, 0.2) is 34.7 Å². The molecule has 0 radical (unpaired) electrons. The van der Waals surface area contributed by atoms with Crippen molar-refractivity contribution >= 4 is 29.3 Å². The van der Waals surface area contributed by atoms with Crippen LogP contribution in [0.5, 0.6) is 0 Å². The summed E-state index contributed by atoms with van der Waals surface area (Å²) in [5.41, 5.74) is 0.280. The van der Waals surface area contributed by atoms with Crippen molar-refractivity contribution in [1.82, 2.24) is 0 Å². The van der Waals surface area contributed by atoms with Gasteiger partial charge in [0.25, 0.3) is 0 Å². The number of fused-ring (bicyclic) bond motifs is 2. The minimum Gasteiger partial charge on any atom is -0.449 e. The Balaban J connectivity index is 1.34. The van der Waals surface area contributed by atoms with Crippen LogP contribution in [-0.4, -0.2) is 41.5 Å². The van der Waals surface area contributed by atoms with Gasteiger partial charge in [0.15, 0.2) is 17.3 Å². The topological polar surface area (TPSA) is 117 Å². The van der Waals surface area contributed by atoms with Crippen molar-refractivity contribution < 1.29 is 46.6 Å². The van der Waals surface area contributed by atoms with E-state index in [0.29, 0.717) is 0 Å². The van der Waals surface area contributed by atoms with Gasteiger partial charge in [-0.1, -0.05) is 24.3 Å². The molecule has 178 valence electrons. The summed E-state index contributed by atoms with van der Waals surface area (Å²) >= 11 is 0. The number of esters is 2. The molecule has 8 nitrogen and oxygen atoms in total. The number of halogens is 2. The maximum absolute atomic E-state index is 13.2. The van der Waals surface area contributed by atoms with Gasteiger partial charge in [-0.05, 0) is 18.9 Å². The van der Waals surface area contributed by atoms with E-state index in [2.05, 4.69) is 0 Å². The van der Waals surface area contributed by atoms with E-state index in [4.69, 9.17) is 13.9 Å². The monoisotopic (exact) mass is 474 g/mol. The van der Waals surface area contributed by atoms with E-state index in [1.807, 2.05) is 0 Å². The van der Waals surface area contributed by atoms with E-state index >= 15 is 0 Å². The van der Waals surface area contributed by atoms with Gasteiger partial charge in [-0.25, -0.2) is 8.78 Å². The molecule has 0 aliphatic heterocycles. The van der Waals surface area contributed by atoms with Gasteiger partial charge in [0.05, 0.1) is 11.5 Å². The Morgan fingerprint density at radius 3 is 2.29 bits per heavy atom. The van der Waals surface area contributed by atoms with Crippen LogP contribution in [0.4, 0.5) is 8.78 Å². The Kier molecular flexibility index (Phi) is 6.16. The number of hydrogen-bond acceptors (Lipinski definition) is 8. The van der Waals surface area contributed by atoms with Gasteiger partial charge < -0.3 is 13.9 Å². The van der Waals surface area contributed by atoms with E-state index < -0.39 is 66.7 Å². The van der Waals surface area contributed by atoms with Crippen molar-refractivity contribution in [1.29, 1.82) is 0 Å². The molecule has 1 atom stereocenters. The predicted octanol–water partition coefficient (Wildman–Crippen LogP) is 3.89. The molecule has 4 rings (SSSR count). The molecule has 2 aromatic rings. The largest absolute Gasteiger partial charge is 0.449 e. The molecule has 34 heavy (non-hydrogen) atoms. The van der Waals surface area contributed by atoms with E-state index in [1.165, 1.54) is 19.1 Å². The fourth-order valence-electron chi connectivity index (χ4n) is 4.02. The Hall–Kier alpha value is -3.69. The Bertz CT molecular complexity index is 1130. The maximum atomic E-state index is 13.2. The molecule has 2 aliphatic rings. The molecule has 1 heterocycles. The fraction of sp³-hybridized carbons (Fsp3) is 0.375. The molecule has 10 heteroatoms. The van der Waals surface area contributed by atoms with Crippen molar-refractivity contribution in [2.24, 2.45) is 5.92 Å². The second-order valence-corrected chi connectivity index (χ2v) is 8.28. The standard InChI is InChI=1S/C24H20F2O8/c1-12(33-23(31)13-6-8-24(25,26)9-7-13)32-19(28)11-17(27)18-10-16-20(29)14-4-2-3-5-15(14)21(30)22(16)34-18/h2-5,10,12-13H,6-9,11H2,1H3. The lowest BCUT2D eigenvalue weighted by molar-refractivity contribution is -0.188. The number of furan rings is 1. The second kappa shape index (κ2) is 8.92. The average molecular weight is 474 g/mol. The minimum atomic E-state index is -2.79. The molecule has 0 saturated heterocycles. The van der Waals surface area contributed by atoms with Gasteiger partial charge in [-0.2, -0.15) is 0 Å². The number of ether oxygens (including phenoxy) is 2. The zero-order valence-corrected chi connectivity index (χ0v) is 18.1. The van der Waals surface area contributed by atoms with Crippen LogP contribution in [0, 0.1) is 5.92 Å². The van der Waals surface area contributed by atoms with E-state index in [-0.39, 0.29) is 41.1 Å². The summed E-state index contributed by atoms with van der Waals surface area (Å²) < 4.78 is 41.7. The lowest BCUT2D eigenvalue weighted by Gasteiger charge is -2.27. The lowest BCUT2D eigenvalue weighted by atomic mass is 9.87. The smallest absolute Gasteiger partial charge is 0.316 e. The van der Waals surface area contributed by atoms with Crippen LogP contribution in [0.1, 0.15) is 81.6 Å². The van der Waals surface area contributed by atoms with Crippen molar-refractivity contribution in [2.75, 3.05) is 0 Å². The zero-order chi connectivity index (χ0) is 24.6. The first-order valence-electron chi connectivity index (χ1n) is 10.7. The Morgan fingerprint density at radius 1 is 1.03 bits per heavy atom. The fourth-order valence-corrected chi connectivity index (χ4v) is 4.02. The van der Waals surface area contributed by atoms with Crippen LogP contribution in [0.2, 0.25) is 0 Å². The molecule has 0 spiro atoms. The van der Waals surface area contributed by atoms with E-state index in [1.54, 1.807) is 12.1 Å². The first-order valence-corrected chi connectivity index (χ1v) is 10.7. The highest BCUT2D eigenvalue weighted by Gasteiger charge is 2.39. The first-order chi connectivity index (χ1) is 16.1. The molecule has 2 aliphatic carbocycles. The van der Waals surface area contributed by atoms with Crippen LogP contribution >= 0.6 is 0 Å². The summed E-state index contributed by atoms with van der Waals surface area (Å²) in [6, 6.07) is 7.28. The molecule has 1 fully saturated rings. The van der Waals surface area contributed by atoms with Crippen molar-refractivity contribution in [2.45, 2.75) is 51.2 Å².